The highest BCUT2D eigenvalue weighted by atomic mass is 32.2. The summed E-state index contributed by atoms with van der Waals surface area (Å²) in [6, 6.07) is 0.338. The van der Waals surface area contributed by atoms with Crippen LogP contribution in [0.1, 0.15) is 19.3 Å². The SMILES string of the molecule is COCCN(C(=O)C1CCC(=O)NC1)C1CCSC1. The van der Waals surface area contributed by atoms with Crippen molar-refractivity contribution in [3.8, 4) is 0 Å². The molecule has 2 saturated heterocycles. The lowest BCUT2D eigenvalue weighted by Crippen LogP contribution is -2.49. The van der Waals surface area contributed by atoms with Gasteiger partial charge in [0.2, 0.25) is 11.8 Å². The lowest BCUT2D eigenvalue weighted by Gasteiger charge is -2.33. The Hall–Kier alpha value is -0.750. The van der Waals surface area contributed by atoms with Crippen LogP contribution < -0.4 is 5.32 Å². The number of carbonyl (C=O) groups is 2. The fraction of sp³-hybridized carbons (Fsp3) is 0.846. The second-order valence-corrected chi connectivity index (χ2v) is 6.23. The maximum atomic E-state index is 12.6. The molecule has 2 fully saturated rings. The highest BCUT2D eigenvalue weighted by Gasteiger charge is 2.33. The summed E-state index contributed by atoms with van der Waals surface area (Å²) in [5.41, 5.74) is 0. The van der Waals surface area contributed by atoms with E-state index >= 15 is 0 Å². The summed E-state index contributed by atoms with van der Waals surface area (Å²) in [5.74, 6) is 2.34. The molecule has 0 radical (unpaired) electrons. The van der Waals surface area contributed by atoms with Gasteiger partial charge in [0.15, 0.2) is 0 Å². The molecule has 2 unspecified atom stereocenters. The Labute approximate surface area is 118 Å². The van der Waals surface area contributed by atoms with Crippen molar-refractivity contribution in [2.24, 2.45) is 5.92 Å². The molecule has 0 aromatic heterocycles. The first kappa shape index (κ1) is 14.7. The highest BCUT2D eigenvalue weighted by Crippen LogP contribution is 2.25. The molecule has 1 N–H and O–H groups in total. The van der Waals surface area contributed by atoms with Crippen molar-refractivity contribution < 1.29 is 14.3 Å². The summed E-state index contributed by atoms with van der Waals surface area (Å²) in [6.45, 7) is 1.72. The number of nitrogens with one attached hydrogen (secondary N) is 1. The molecule has 0 aromatic rings. The van der Waals surface area contributed by atoms with Gasteiger partial charge in [0.1, 0.15) is 0 Å². The zero-order valence-electron chi connectivity index (χ0n) is 11.4. The van der Waals surface area contributed by atoms with E-state index in [1.165, 1.54) is 0 Å². The number of piperidine rings is 1. The van der Waals surface area contributed by atoms with E-state index in [0.29, 0.717) is 38.6 Å². The lowest BCUT2D eigenvalue weighted by molar-refractivity contribution is -0.139. The van der Waals surface area contributed by atoms with E-state index in [0.717, 1.165) is 17.9 Å². The molecular formula is C13H22N2O3S. The van der Waals surface area contributed by atoms with Crippen LogP contribution >= 0.6 is 11.8 Å². The molecule has 2 aliphatic rings. The van der Waals surface area contributed by atoms with E-state index in [2.05, 4.69) is 5.32 Å². The molecular weight excluding hydrogens is 264 g/mol. The van der Waals surface area contributed by atoms with Crippen molar-refractivity contribution in [1.82, 2.24) is 10.2 Å². The summed E-state index contributed by atoms with van der Waals surface area (Å²) in [7, 11) is 1.66. The molecule has 2 rings (SSSR count). The molecule has 0 saturated carbocycles. The quantitative estimate of drug-likeness (QED) is 0.799. The van der Waals surface area contributed by atoms with Crippen molar-refractivity contribution in [3.63, 3.8) is 0 Å². The number of amides is 2. The number of methoxy groups -OCH3 is 1. The maximum absolute atomic E-state index is 12.6. The van der Waals surface area contributed by atoms with Crippen LogP contribution in [-0.2, 0) is 14.3 Å². The molecule has 2 amide bonds. The van der Waals surface area contributed by atoms with E-state index in [1.54, 1.807) is 7.11 Å². The summed E-state index contributed by atoms with van der Waals surface area (Å²) in [6.07, 6.45) is 2.21. The van der Waals surface area contributed by atoms with E-state index in [4.69, 9.17) is 4.74 Å². The van der Waals surface area contributed by atoms with Gasteiger partial charge in [0.05, 0.1) is 12.5 Å². The van der Waals surface area contributed by atoms with Gasteiger partial charge in [-0.2, -0.15) is 11.8 Å². The van der Waals surface area contributed by atoms with E-state index in [9.17, 15) is 9.59 Å². The summed E-state index contributed by atoms with van der Waals surface area (Å²) >= 11 is 1.90. The van der Waals surface area contributed by atoms with Gasteiger partial charge in [-0.05, 0) is 18.6 Å². The van der Waals surface area contributed by atoms with Crippen molar-refractivity contribution in [3.05, 3.63) is 0 Å². The van der Waals surface area contributed by atoms with Gasteiger partial charge in [-0.25, -0.2) is 0 Å². The number of hydrogen-bond acceptors (Lipinski definition) is 4. The zero-order valence-corrected chi connectivity index (χ0v) is 12.2. The molecule has 19 heavy (non-hydrogen) atoms. The normalized spacial score (nSPS) is 27.1. The van der Waals surface area contributed by atoms with Crippen molar-refractivity contribution in [1.29, 1.82) is 0 Å². The predicted octanol–water partition coefficient (Wildman–Crippen LogP) is 0.493. The standard InChI is InChI=1S/C13H22N2O3S/c1-18-6-5-15(11-4-7-19-9-11)13(17)10-2-3-12(16)14-8-10/h10-11H,2-9H2,1H3,(H,14,16). The summed E-state index contributed by atoms with van der Waals surface area (Å²) in [4.78, 5) is 25.8. The average molecular weight is 286 g/mol. The lowest BCUT2D eigenvalue weighted by atomic mass is 9.97. The molecule has 108 valence electrons. The van der Waals surface area contributed by atoms with Crippen LogP contribution in [-0.4, -0.2) is 61.1 Å². The minimum Gasteiger partial charge on any atom is -0.383 e. The monoisotopic (exact) mass is 286 g/mol. The first-order chi connectivity index (χ1) is 9.22. The van der Waals surface area contributed by atoms with Gasteiger partial charge in [0.25, 0.3) is 0 Å². The molecule has 2 atom stereocenters. The molecule has 2 aliphatic heterocycles. The average Bonchev–Trinajstić information content (AvgIpc) is 2.94. The summed E-state index contributed by atoms with van der Waals surface area (Å²) < 4.78 is 5.12. The molecule has 0 bridgehead atoms. The van der Waals surface area contributed by atoms with E-state index in [-0.39, 0.29) is 17.7 Å². The Bertz CT molecular complexity index is 322. The molecule has 6 heteroatoms. The molecule has 5 nitrogen and oxygen atoms in total. The van der Waals surface area contributed by atoms with Gasteiger partial charge in [-0.1, -0.05) is 0 Å². The van der Waals surface area contributed by atoms with Gasteiger partial charge in [0, 0.05) is 38.4 Å². The number of hydrogen-bond donors (Lipinski definition) is 1. The Balaban J connectivity index is 1.95. The van der Waals surface area contributed by atoms with Gasteiger partial charge in [-0.3, -0.25) is 9.59 Å². The maximum Gasteiger partial charge on any atom is 0.227 e. The Morgan fingerprint density at radius 2 is 2.37 bits per heavy atom. The number of rotatable bonds is 5. The third-order valence-corrected chi connectivity index (χ3v) is 4.93. The summed E-state index contributed by atoms with van der Waals surface area (Å²) in [5, 5.41) is 2.79. The van der Waals surface area contributed by atoms with Gasteiger partial charge < -0.3 is 15.0 Å². The Morgan fingerprint density at radius 3 is 2.95 bits per heavy atom. The van der Waals surface area contributed by atoms with Crippen molar-refractivity contribution in [2.45, 2.75) is 25.3 Å². The van der Waals surface area contributed by atoms with Crippen LogP contribution in [0.3, 0.4) is 0 Å². The topological polar surface area (TPSA) is 58.6 Å². The molecule has 0 spiro atoms. The van der Waals surface area contributed by atoms with Crippen molar-refractivity contribution in [2.75, 3.05) is 38.3 Å². The van der Waals surface area contributed by atoms with Crippen molar-refractivity contribution >= 4 is 23.6 Å². The molecule has 0 aromatic carbocycles. The van der Waals surface area contributed by atoms with Crippen LogP contribution in [0, 0.1) is 5.92 Å². The third kappa shape index (κ3) is 3.86. The number of carbonyl (C=O) groups excluding carboxylic acids is 2. The first-order valence-corrected chi connectivity index (χ1v) is 8.01. The number of ether oxygens (including phenoxy) is 1. The van der Waals surface area contributed by atoms with Crippen LogP contribution in [0.5, 0.6) is 0 Å². The Morgan fingerprint density at radius 1 is 1.53 bits per heavy atom. The second kappa shape index (κ2) is 7.14. The molecule has 2 heterocycles. The van der Waals surface area contributed by atoms with Gasteiger partial charge in [-0.15, -0.1) is 0 Å². The fourth-order valence-electron chi connectivity index (χ4n) is 2.61. The Kier molecular flexibility index (Phi) is 5.51. The predicted molar refractivity (Wildman–Crippen MR) is 75.1 cm³/mol. The largest absolute Gasteiger partial charge is 0.383 e. The highest BCUT2D eigenvalue weighted by molar-refractivity contribution is 7.99. The zero-order chi connectivity index (χ0) is 13.7. The number of thioether (sulfide) groups is 1. The van der Waals surface area contributed by atoms with Crippen LogP contribution in [0.2, 0.25) is 0 Å². The first-order valence-electron chi connectivity index (χ1n) is 6.86. The molecule has 0 aliphatic carbocycles. The van der Waals surface area contributed by atoms with Crippen LogP contribution in [0.4, 0.5) is 0 Å². The smallest absolute Gasteiger partial charge is 0.227 e. The number of nitrogens with zero attached hydrogens (tertiary/aromatic N) is 1. The minimum atomic E-state index is -0.0554. The minimum absolute atomic E-state index is 0.0554. The van der Waals surface area contributed by atoms with Gasteiger partial charge >= 0.3 is 0 Å². The fourth-order valence-corrected chi connectivity index (χ4v) is 3.83. The van der Waals surface area contributed by atoms with E-state index < -0.39 is 0 Å². The van der Waals surface area contributed by atoms with E-state index in [1.807, 2.05) is 16.7 Å². The van der Waals surface area contributed by atoms with Crippen LogP contribution in [0.25, 0.3) is 0 Å². The van der Waals surface area contributed by atoms with Crippen LogP contribution in [0.15, 0.2) is 0 Å². The second-order valence-electron chi connectivity index (χ2n) is 5.08. The third-order valence-electron chi connectivity index (χ3n) is 3.78.